The lowest BCUT2D eigenvalue weighted by Gasteiger charge is -2.42. The van der Waals surface area contributed by atoms with E-state index in [9.17, 15) is 4.79 Å². The van der Waals surface area contributed by atoms with Crippen LogP contribution in [0.1, 0.15) is 37.3 Å². The van der Waals surface area contributed by atoms with Gasteiger partial charge in [-0.1, -0.05) is 30.3 Å². The molecule has 3 heterocycles. The molecule has 2 saturated heterocycles. The third-order valence-corrected chi connectivity index (χ3v) is 6.93. The Morgan fingerprint density at radius 3 is 2.24 bits per heavy atom. The van der Waals surface area contributed by atoms with E-state index in [0.29, 0.717) is 12.1 Å². The molecule has 152 valence electrons. The van der Waals surface area contributed by atoms with E-state index in [0.717, 1.165) is 50.1 Å². The summed E-state index contributed by atoms with van der Waals surface area (Å²) in [4.78, 5) is 20.7. The molecule has 2 aliphatic rings. The van der Waals surface area contributed by atoms with Gasteiger partial charge in [-0.2, -0.15) is 0 Å². The summed E-state index contributed by atoms with van der Waals surface area (Å²) in [6, 6.07) is 17.8. The summed E-state index contributed by atoms with van der Waals surface area (Å²) >= 11 is 0. The van der Waals surface area contributed by atoms with E-state index in [1.54, 1.807) is 0 Å². The number of rotatable bonds is 3. The van der Waals surface area contributed by atoms with E-state index in [4.69, 9.17) is 0 Å². The van der Waals surface area contributed by atoms with Crippen molar-refractivity contribution in [1.29, 1.82) is 0 Å². The molecule has 0 aliphatic carbocycles. The van der Waals surface area contributed by atoms with Gasteiger partial charge in [0, 0.05) is 44.0 Å². The number of hydrogen-bond acceptors (Lipinski definition) is 3. The number of piperidine rings is 2. The van der Waals surface area contributed by atoms with Crippen LogP contribution in [0.4, 0.5) is 5.69 Å². The minimum atomic E-state index is 0.0381. The maximum Gasteiger partial charge on any atom is 0.326 e. The molecule has 2 aliphatic heterocycles. The number of hydrogen-bond donors (Lipinski definition) is 1. The lowest BCUT2D eigenvalue weighted by Crippen LogP contribution is -2.48. The molecule has 0 bridgehead atoms. The zero-order valence-electron chi connectivity index (χ0n) is 17.2. The molecule has 1 aromatic heterocycles. The average Bonchev–Trinajstić information content (AvgIpc) is 3.10. The molecular weight excluding hydrogens is 360 g/mol. The van der Waals surface area contributed by atoms with Gasteiger partial charge in [0.1, 0.15) is 0 Å². The zero-order valence-corrected chi connectivity index (χ0v) is 17.2. The topological polar surface area (TPSA) is 44.3 Å². The first-order chi connectivity index (χ1) is 14.2. The Balaban J connectivity index is 1.21. The molecule has 29 heavy (non-hydrogen) atoms. The fraction of sp³-hybridized carbons (Fsp3) is 0.458. The molecule has 1 N–H and O–H groups in total. The summed E-state index contributed by atoms with van der Waals surface area (Å²) in [5, 5.41) is 0. The van der Waals surface area contributed by atoms with Gasteiger partial charge >= 0.3 is 5.69 Å². The first-order valence-corrected chi connectivity index (χ1v) is 10.9. The maximum absolute atomic E-state index is 12.5. The molecule has 3 aromatic rings. The second kappa shape index (κ2) is 7.71. The number of likely N-dealkylation sites (tertiary alicyclic amines) is 1. The van der Waals surface area contributed by atoms with Gasteiger partial charge in [0.2, 0.25) is 0 Å². The van der Waals surface area contributed by atoms with Gasteiger partial charge in [-0.15, -0.1) is 0 Å². The molecule has 5 heteroatoms. The van der Waals surface area contributed by atoms with Crippen LogP contribution < -0.4 is 10.6 Å². The largest absolute Gasteiger partial charge is 0.371 e. The lowest BCUT2D eigenvalue weighted by atomic mass is 9.97. The van der Waals surface area contributed by atoms with Crippen LogP contribution in [0.5, 0.6) is 0 Å². The van der Waals surface area contributed by atoms with E-state index in [1.807, 2.05) is 22.8 Å². The molecule has 0 spiro atoms. The van der Waals surface area contributed by atoms with Crippen molar-refractivity contribution in [1.82, 2.24) is 14.5 Å². The first kappa shape index (κ1) is 18.5. The average molecular weight is 391 g/mol. The highest BCUT2D eigenvalue weighted by molar-refractivity contribution is 5.75. The summed E-state index contributed by atoms with van der Waals surface area (Å²) < 4.78 is 1.99. The molecule has 5 nitrogen and oxygen atoms in total. The quantitative estimate of drug-likeness (QED) is 0.737. The van der Waals surface area contributed by atoms with Crippen molar-refractivity contribution in [2.45, 2.75) is 44.7 Å². The normalized spacial score (nSPS) is 19.8. The van der Waals surface area contributed by atoms with Crippen LogP contribution in [0.2, 0.25) is 0 Å². The van der Waals surface area contributed by atoms with Crippen molar-refractivity contribution in [2.24, 2.45) is 0 Å². The number of imidazole rings is 1. The minimum Gasteiger partial charge on any atom is -0.371 e. The molecule has 0 radical (unpaired) electrons. The molecule has 0 atom stereocenters. The molecular formula is C24H30N4O. The summed E-state index contributed by atoms with van der Waals surface area (Å²) in [6.07, 6.45) is 4.57. The second-order valence-corrected chi connectivity index (χ2v) is 8.59. The Bertz CT molecular complexity index is 1040. The second-order valence-electron chi connectivity index (χ2n) is 8.59. The van der Waals surface area contributed by atoms with E-state index < -0.39 is 0 Å². The van der Waals surface area contributed by atoms with Crippen molar-refractivity contribution in [3.63, 3.8) is 0 Å². The van der Waals surface area contributed by atoms with Gasteiger partial charge < -0.3 is 14.8 Å². The fourth-order valence-electron chi connectivity index (χ4n) is 5.34. The van der Waals surface area contributed by atoms with Crippen LogP contribution in [0, 0.1) is 6.92 Å². The third kappa shape index (κ3) is 3.48. The maximum atomic E-state index is 12.5. The Labute approximate surface area is 171 Å². The number of aromatic nitrogens is 2. The smallest absolute Gasteiger partial charge is 0.326 e. The molecule has 0 amide bonds. The number of anilines is 1. The third-order valence-electron chi connectivity index (χ3n) is 6.93. The van der Waals surface area contributed by atoms with E-state index in [2.05, 4.69) is 52.0 Å². The van der Waals surface area contributed by atoms with Gasteiger partial charge in [0.25, 0.3) is 0 Å². The van der Waals surface area contributed by atoms with Crippen molar-refractivity contribution in [2.75, 3.05) is 31.1 Å². The van der Waals surface area contributed by atoms with Crippen LogP contribution >= 0.6 is 0 Å². The van der Waals surface area contributed by atoms with Gasteiger partial charge in [0.05, 0.1) is 11.0 Å². The summed E-state index contributed by atoms with van der Waals surface area (Å²) in [7, 11) is 0. The highest BCUT2D eigenvalue weighted by Gasteiger charge is 2.30. The van der Waals surface area contributed by atoms with Crippen molar-refractivity contribution >= 4 is 16.7 Å². The van der Waals surface area contributed by atoms with Crippen molar-refractivity contribution in [3.05, 3.63) is 64.6 Å². The number of H-pyrrole nitrogens is 1. The predicted octanol–water partition coefficient (Wildman–Crippen LogP) is 3.94. The summed E-state index contributed by atoms with van der Waals surface area (Å²) in [5.74, 6) is 0. The predicted molar refractivity (Wildman–Crippen MR) is 119 cm³/mol. The molecule has 2 fully saturated rings. The molecule has 0 unspecified atom stereocenters. The van der Waals surface area contributed by atoms with Crippen LogP contribution in [-0.4, -0.2) is 46.7 Å². The molecule has 5 rings (SSSR count). The summed E-state index contributed by atoms with van der Waals surface area (Å²) in [6.45, 7) is 6.66. The zero-order chi connectivity index (χ0) is 19.8. The fourth-order valence-corrected chi connectivity index (χ4v) is 5.34. The van der Waals surface area contributed by atoms with Crippen molar-refractivity contribution in [3.8, 4) is 0 Å². The number of nitrogens with one attached hydrogen (secondary N) is 1. The molecule has 2 aromatic carbocycles. The Morgan fingerprint density at radius 1 is 0.828 bits per heavy atom. The number of fused-ring (bicyclic) bond motifs is 1. The number of aryl methyl sites for hydroxylation is 1. The first-order valence-electron chi connectivity index (χ1n) is 10.9. The van der Waals surface area contributed by atoms with Crippen LogP contribution in [0.3, 0.4) is 0 Å². The number of para-hydroxylation sites is 3. The minimum absolute atomic E-state index is 0.0381. The van der Waals surface area contributed by atoms with E-state index in [1.165, 1.54) is 24.1 Å². The van der Waals surface area contributed by atoms with Crippen LogP contribution in [0.15, 0.2) is 53.3 Å². The highest BCUT2D eigenvalue weighted by Crippen LogP contribution is 2.30. The van der Waals surface area contributed by atoms with Gasteiger partial charge in [0.15, 0.2) is 0 Å². The Kier molecular flexibility index (Phi) is 4.92. The van der Waals surface area contributed by atoms with Crippen LogP contribution in [-0.2, 0) is 0 Å². The van der Waals surface area contributed by atoms with Gasteiger partial charge in [-0.3, -0.25) is 4.57 Å². The van der Waals surface area contributed by atoms with E-state index in [-0.39, 0.29) is 5.69 Å². The Hall–Kier alpha value is -2.53. The monoisotopic (exact) mass is 390 g/mol. The number of nitrogens with zero attached hydrogens (tertiary/aromatic N) is 3. The van der Waals surface area contributed by atoms with E-state index >= 15 is 0 Å². The SMILES string of the molecule is Cc1ccccc1N1CCC(N2CCC(n3c(=O)[nH]c4ccccc43)CC2)CC1. The van der Waals surface area contributed by atoms with Crippen LogP contribution in [0.25, 0.3) is 11.0 Å². The van der Waals surface area contributed by atoms with Gasteiger partial charge in [-0.05, 0) is 56.4 Å². The number of aromatic amines is 1. The molecule has 0 saturated carbocycles. The number of benzene rings is 2. The Morgan fingerprint density at radius 2 is 1.48 bits per heavy atom. The van der Waals surface area contributed by atoms with Crippen molar-refractivity contribution < 1.29 is 0 Å². The standard InChI is InChI=1S/C24H30N4O/c1-18-6-2-4-8-22(18)27-16-10-19(11-17-27)26-14-12-20(13-15-26)28-23-9-5-3-7-21(23)25-24(28)29/h2-9,19-20H,10-17H2,1H3,(H,25,29). The highest BCUT2D eigenvalue weighted by atomic mass is 16.1. The lowest BCUT2D eigenvalue weighted by molar-refractivity contribution is 0.117. The summed E-state index contributed by atoms with van der Waals surface area (Å²) in [5.41, 5.74) is 4.79. The van der Waals surface area contributed by atoms with Gasteiger partial charge in [-0.25, -0.2) is 4.79 Å².